The van der Waals surface area contributed by atoms with Crippen molar-refractivity contribution in [2.75, 3.05) is 5.32 Å². The number of carbonyl (C=O) groups excluding carboxylic acids is 1. The first-order valence-electron chi connectivity index (χ1n) is 8.26. The standard InChI is InChI=1S/C20H21ClN2O/c1-3-4-13-23-18-8-6-5-7-17(18)14(2)19(23)20(24)22-16-11-9-15(21)10-12-16/h5-12H,3-4,13H2,1-2H3,(H,22,24). The first kappa shape index (κ1) is 16.6. The van der Waals surface area contributed by atoms with E-state index < -0.39 is 0 Å². The lowest BCUT2D eigenvalue weighted by molar-refractivity contribution is 0.101. The van der Waals surface area contributed by atoms with Gasteiger partial charge in [0.1, 0.15) is 5.69 Å². The molecular formula is C20H21ClN2O. The number of hydrogen-bond donors (Lipinski definition) is 1. The van der Waals surface area contributed by atoms with E-state index in [4.69, 9.17) is 11.6 Å². The van der Waals surface area contributed by atoms with Gasteiger partial charge < -0.3 is 9.88 Å². The third kappa shape index (κ3) is 3.17. The molecule has 0 unspecified atom stereocenters. The molecular weight excluding hydrogens is 320 g/mol. The van der Waals surface area contributed by atoms with Crippen molar-refractivity contribution in [3.63, 3.8) is 0 Å². The molecule has 4 heteroatoms. The summed E-state index contributed by atoms with van der Waals surface area (Å²) in [5.41, 5.74) is 3.62. The Morgan fingerprint density at radius 1 is 1.12 bits per heavy atom. The van der Waals surface area contributed by atoms with Gasteiger partial charge in [-0.05, 0) is 49.2 Å². The summed E-state index contributed by atoms with van der Waals surface area (Å²) >= 11 is 5.91. The molecule has 3 nitrogen and oxygen atoms in total. The zero-order valence-corrected chi connectivity index (χ0v) is 14.7. The smallest absolute Gasteiger partial charge is 0.272 e. The number of aryl methyl sites for hydroxylation is 2. The lowest BCUT2D eigenvalue weighted by atomic mass is 10.1. The molecule has 0 aliphatic carbocycles. The molecule has 0 fully saturated rings. The van der Waals surface area contributed by atoms with Gasteiger partial charge in [-0.15, -0.1) is 0 Å². The maximum Gasteiger partial charge on any atom is 0.272 e. The highest BCUT2D eigenvalue weighted by molar-refractivity contribution is 6.30. The Labute approximate surface area is 147 Å². The summed E-state index contributed by atoms with van der Waals surface area (Å²) in [6.07, 6.45) is 2.13. The second-order valence-electron chi connectivity index (χ2n) is 5.96. The summed E-state index contributed by atoms with van der Waals surface area (Å²) in [5.74, 6) is -0.0814. The molecule has 0 bridgehead atoms. The number of aromatic nitrogens is 1. The van der Waals surface area contributed by atoms with E-state index in [1.165, 1.54) is 0 Å². The van der Waals surface area contributed by atoms with Crippen molar-refractivity contribution >= 4 is 34.1 Å². The normalized spacial score (nSPS) is 11.0. The number of benzene rings is 2. The molecule has 0 spiro atoms. The molecule has 1 heterocycles. The fourth-order valence-corrected chi connectivity index (χ4v) is 3.17. The Bertz CT molecular complexity index is 865. The Morgan fingerprint density at radius 3 is 2.54 bits per heavy atom. The van der Waals surface area contributed by atoms with Crippen molar-refractivity contribution in [2.24, 2.45) is 0 Å². The topological polar surface area (TPSA) is 34.0 Å². The summed E-state index contributed by atoms with van der Waals surface area (Å²) in [7, 11) is 0. The predicted molar refractivity (Wildman–Crippen MR) is 101 cm³/mol. The number of halogens is 1. The molecule has 0 aliphatic rings. The lowest BCUT2D eigenvalue weighted by Crippen LogP contribution is -2.18. The molecule has 1 amide bonds. The number of fused-ring (bicyclic) bond motifs is 1. The van der Waals surface area contributed by atoms with E-state index in [0.29, 0.717) is 5.02 Å². The molecule has 0 aliphatic heterocycles. The van der Waals surface area contributed by atoms with Crippen molar-refractivity contribution in [1.82, 2.24) is 4.57 Å². The summed E-state index contributed by atoms with van der Waals surface area (Å²) in [4.78, 5) is 12.9. The van der Waals surface area contributed by atoms with Gasteiger partial charge in [0.25, 0.3) is 5.91 Å². The van der Waals surface area contributed by atoms with Crippen LogP contribution in [0.2, 0.25) is 5.02 Å². The van der Waals surface area contributed by atoms with E-state index in [-0.39, 0.29) is 5.91 Å². The van der Waals surface area contributed by atoms with Gasteiger partial charge in [0, 0.05) is 28.2 Å². The third-order valence-electron chi connectivity index (χ3n) is 4.28. The van der Waals surface area contributed by atoms with Crippen LogP contribution in [0, 0.1) is 6.92 Å². The average molecular weight is 341 g/mol. The van der Waals surface area contributed by atoms with E-state index in [9.17, 15) is 4.79 Å². The van der Waals surface area contributed by atoms with Crippen LogP contribution in [-0.4, -0.2) is 10.5 Å². The molecule has 124 valence electrons. The molecule has 2 aromatic carbocycles. The van der Waals surface area contributed by atoms with E-state index in [1.807, 2.05) is 31.2 Å². The first-order chi connectivity index (χ1) is 11.6. The number of para-hydroxylation sites is 1. The number of amides is 1. The first-order valence-corrected chi connectivity index (χ1v) is 8.64. The Balaban J connectivity index is 2.01. The summed E-state index contributed by atoms with van der Waals surface area (Å²) in [5, 5.41) is 4.77. The van der Waals surface area contributed by atoms with Crippen LogP contribution in [0.25, 0.3) is 10.9 Å². The van der Waals surface area contributed by atoms with Gasteiger partial charge in [-0.3, -0.25) is 4.79 Å². The molecule has 0 radical (unpaired) electrons. The van der Waals surface area contributed by atoms with Crippen molar-refractivity contribution in [3.8, 4) is 0 Å². The monoisotopic (exact) mass is 340 g/mol. The van der Waals surface area contributed by atoms with Crippen LogP contribution >= 0.6 is 11.6 Å². The number of nitrogens with one attached hydrogen (secondary N) is 1. The number of rotatable bonds is 5. The van der Waals surface area contributed by atoms with Crippen molar-refractivity contribution in [1.29, 1.82) is 0 Å². The van der Waals surface area contributed by atoms with Gasteiger partial charge in [-0.25, -0.2) is 0 Å². The Kier molecular flexibility index (Phi) is 4.91. The highest BCUT2D eigenvalue weighted by Crippen LogP contribution is 2.27. The molecule has 0 saturated carbocycles. The number of unbranched alkanes of at least 4 members (excludes halogenated alkanes) is 1. The fraction of sp³-hybridized carbons (Fsp3) is 0.250. The van der Waals surface area contributed by atoms with Crippen LogP contribution in [0.15, 0.2) is 48.5 Å². The van der Waals surface area contributed by atoms with E-state index in [2.05, 4.69) is 28.9 Å². The zero-order valence-electron chi connectivity index (χ0n) is 14.0. The summed E-state index contributed by atoms with van der Waals surface area (Å²) < 4.78 is 2.14. The number of carbonyl (C=O) groups is 1. The summed E-state index contributed by atoms with van der Waals surface area (Å²) in [6, 6.07) is 15.4. The molecule has 0 saturated heterocycles. The third-order valence-corrected chi connectivity index (χ3v) is 4.53. The molecule has 24 heavy (non-hydrogen) atoms. The minimum atomic E-state index is -0.0814. The minimum absolute atomic E-state index is 0.0814. The van der Waals surface area contributed by atoms with Crippen molar-refractivity contribution in [3.05, 3.63) is 64.8 Å². The number of nitrogens with zero attached hydrogens (tertiary/aromatic N) is 1. The molecule has 0 atom stereocenters. The van der Waals surface area contributed by atoms with Gasteiger partial charge in [-0.1, -0.05) is 43.1 Å². The van der Waals surface area contributed by atoms with Crippen molar-refractivity contribution < 1.29 is 4.79 Å². The van der Waals surface area contributed by atoms with Gasteiger partial charge in [0.05, 0.1) is 0 Å². The number of hydrogen-bond acceptors (Lipinski definition) is 1. The molecule has 1 aromatic heterocycles. The Hall–Kier alpha value is -2.26. The minimum Gasteiger partial charge on any atom is -0.336 e. The zero-order chi connectivity index (χ0) is 17.1. The van der Waals surface area contributed by atoms with Crippen LogP contribution in [0.5, 0.6) is 0 Å². The summed E-state index contributed by atoms with van der Waals surface area (Å²) in [6.45, 7) is 5.02. The lowest BCUT2D eigenvalue weighted by Gasteiger charge is -2.11. The van der Waals surface area contributed by atoms with Gasteiger partial charge in [0.2, 0.25) is 0 Å². The Morgan fingerprint density at radius 2 is 1.83 bits per heavy atom. The largest absolute Gasteiger partial charge is 0.336 e. The quantitative estimate of drug-likeness (QED) is 0.639. The average Bonchev–Trinajstić information content (AvgIpc) is 2.88. The number of anilines is 1. The maximum absolute atomic E-state index is 12.9. The second kappa shape index (κ2) is 7.10. The highest BCUT2D eigenvalue weighted by atomic mass is 35.5. The second-order valence-corrected chi connectivity index (χ2v) is 6.39. The predicted octanol–water partition coefficient (Wildman–Crippen LogP) is 5.66. The van der Waals surface area contributed by atoms with Gasteiger partial charge in [-0.2, -0.15) is 0 Å². The van der Waals surface area contributed by atoms with Crippen LogP contribution < -0.4 is 5.32 Å². The van der Waals surface area contributed by atoms with Gasteiger partial charge >= 0.3 is 0 Å². The van der Waals surface area contributed by atoms with Gasteiger partial charge in [0.15, 0.2) is 0 Å². The highest BCUT2D eigenvalue weighted by Gasteiger charge is 2.19. The van der Waals surface area contributed by atoms with Crippen LogP contribution in [0.1, 0.15) is 35.8 Å². The van der Waals surface area contributed by atoms with Crippen molar-refractivity contribution in [2.45, 2.75) is 33.2 Å². The van der Waals surface area contributed by atoms with E-state index in [0.717, 1.165) is 47.2 Å². The van der Waals surface area contributed by atoms with E-state index >= 15 is 0 Å². The SMILES string of the molecule is CCCCn1c(C(=O)Nc2ccc(Cl)cc2)c(C)c2ccccc21. The van der Waals surface area contributed by atoms with Crippen LogP contribution in [-0.2, 0) is 6.54 Å². The molecule has 1 N–H and O–H groups in total. The maximum atomic E-state index is 12.9. The van der Waals surface area contributed by atoms with Crippen LogP contribution in [0.3, 0.4) is 0 Å². The molecule has 3 aromatic rings. The molecule has 3 rings (SSSR count). The fourth-order valence-electron chi connectivity index (χ4n) is 3.04. The van der Waals surface area contributed by atoms with Crippen LogP contribution in [0.4, 0.5) is 5.69 Å². The van der Waals surface area contributed by atoms with E-state index in [1.54, 1.807) is 12.1 Å².